The van der Waals surface area contributed by atoms with E-state index >= 15 is 0 Å². The Balaban J connectivity index is 1.71. The summed E-state index contributed by atoms with van der Waals surface area (Å²) in [7, 11) is 0. The Labute approximate surface area is 161 Å². The number of amides is 1. The highest BCUT2D eigenvalue weighted by Crippen LogP contribution is 2.23. The van der Waals surface area contributed by atoms with Gasteiger partial charge in [0.1, 0.15) is 0 Å². The number of nitrogens with one attached hydrogen (secondary N) is 1. The second-order valence-electron chi connectivity index (χ2n) is 6.01. The maximum atomic E-state index is 11.9. The molecule has 26 heavy (non-hydrogen) atoms. The van der Waals surface area contributed by atoms with E-state index in [0.717, 1.165) is 0 Å². The Bertz CT molecular complexity index is 783. The molecule has 0 radical (unpaired) electrons. The average molecular weight is 394 g/mol. The van der Waals surface area contributed by atoms with Gasteiger partial charge in [0, 0.05) is 12.1 Å². The number of ether oxygens (including phenoxy) is 1. The number of anilines is 1. The van der Waals surface area contributed by atoms with Crippen molar-refractivity contribution >= 4 is 46.3 Å². The molecule has 2 rings (SSSR count). The van der Waals surface area contributed by atoms with Gasteiger partial charge in [-0.05, 0) is 35.7 Å². The van der Waals surface area contributed by atoms with Crippen molar-refractivity contribution in [3.05, 3.63) is 51.2 Å². The highest BCUT2D eigenvalue weighted by Gasteiger charge is 2.13. The van der Waals surface area contributed by atoms with Gasteiger partial charge in [-0.25, -0.2) is 0 Å². The maximum Gasteiger partial charge on any atom is 0.306 e. The normalized spacial score (nSPS) is 10.6. The van der Waals surface area contributed by atoms with Crippen LogP contribution in [0.4, 0.5) is 5.69 Å². The third kappa shape index (κ3) is 6.28. The molecule has 0 saturated heterocycles. The summed E-state index contributed by atoms with van der Waals surface area (Å²) in [6.07, 6.45) is -0.0569. The van der Waals surface area contributed by atoms with E-state index < -0.39 is 11.9 Å². The Morgan fingerprint density at radius 3 is 2.35 bits per heavy atom. The summed E-state index contributed by atoms with van der Waals surface area (Å²) < 4.78 is 5.43. The zero-order valence-electron chi connectivity index (χ0n) is 14.6. The van der Waals surface area contributed by atoms with Crippen molar-refractivity contribution in [1.82, 2.24) is 0 Å². The van der Waals surface area contributed by atoms with Gasteiger partial charge < -0.3 is 10.1 Å². The molecule has 0 atom stereocenters. The molecule has 1 heterocycles. The van der Waals surface area contributed by atoms with Gasteiger partial charge in [0.25, 0.3) is 5.91 Å². The SMILES string of the molecule is CC(C)c1ccc(NC(=O)COC(=O)CCC(=O)c2ccc(Cl)s2)cc1. The van der Waals surface area contributed by atoms with Crippen molar-refractivity contribution in [1.29, 1.82) is 0 Å². The summed E-state index contributed by atoms with van der Waals surface area (Å²) in [6.45, 7) is 3.79. The zero-order chi connectivity index (χ0) is 19.1. The number of halogens is 1. The number of rotatable bonds is 8. The lowest BCUT2D eigenvalue weighted by atomic mass is 10.0. The molecule has 1 amide bonds. The molecule has 7 heteroatoms. The van der Waals surface area contributed by atoms with Crippen molar-refractivity contribution in [2.45, 2.75) is 32.6 Å². The van der Waals surface area contributed by atoms with Crippen LogP contribution in [0.3, 0.4) is 0 Å². The van der Waals surface area contributed by atoms with Crippen LogP contribution in [0.15, 0.2) is 36.4 Å². The number of benzene rings is 1. The van der Waals surface area contributed by atoms with Crippen molar-refractivity contribution in [3.8, 4) is 0 Å². The summed E-state index contributed by atoms with van der Waals surface area (Å²) in [5, 5.41) is 2.66. The molecule has 0 bridgehead atoms. The molecular formula is C19H20ClNO4S. The Morgan fingerprint density at radius 1 is 1.08 bits per heavy atom. The molecular weight excluding hydrogens is 374 g/mol. The number of carbonyl (C=O) groups is 3. The van der Waals surface area contributed by atoms with Gasteiger partial charge in [-0.1, -0.05) is 37.6 Å². The third-order valence-corrected chi connectivity index (χ3v) is 4.90. The van der Waals surface area contributed by atoms with Crippen LogP contribution in [0.2, 0.25) is 4.34 Å². The van der Waals surface area contributed by atoms with Gasteiger partial charge in [-0.2, -0.15) is 0 Å². The monoisotopic (exact) mass is 393 g/mol. The molecule has 2 aromatic rings. The first kappa shape index (κ1) is 20.1. The number of hydrogen-bond donors (Lipinski definition) is 1. The van der Waals surface area contributed by atoms with Crippen LogP contribution in [0, 0.1) is 0 Å². The lowest BCUT2D eigenvalue weighted by Crippen LogP contribution is -2.21. The van der Waals surface area contributed by atoms with Gasteiger partial charge in [0.2, 0.25) is 0 Å². The molecule has 0 spiro atoms. The van der Waals surface area contributed by atoms with E-state index in [0.29, 0.717) is 20.8 Å². The number of Topliss-reactive ketones (excluding diaryl/α,β-unsaturated/α-hetero) is 1. The number of hydrogen-bond acceptors (Lipinski definition) is 5. The highest BCUT2D eigenvalue weighted by molar-refractivity contribution is 7.18. The first-order valence-electron chi connectivity index (χ1n) is 8.19. The van der Waals surface area contributed by atoms with E-state index in [4.69, 9.17) is 16.3 Å². The van der Waals surface area contributed by atoms with Gasteiger partial charge in [-0.15, -0.1) is 11.3 Å². The van der Waals surface area contributed by atoms with E-state index in [1.807, 2.05) is 12.1 Å². The summed E-state index contributed by atoms with van der Waals surface area (Å²) in [6, 6.07) is 10.7. The van der Waals surface area contributed by atoms with Gasteiger partial charge >= 0.3 is 5.97 Å². The minimum Gasteiger partial charge on any atom is -0.456 e. The van der Waals surface area contributed by atoms with Crippen molar-refractivity contribution < 1.29 is 19.1 Å². The summed E-state index contributed by atoms with van der Waals surface area (Å²) in [5.41, 5.74) is 1.81. The number of esters is 1. The van der Waals surface area contributed by atoms with E-state index in [1.165, 1.54) is 16.9 Å². The standard InChI is InChI=1S/C19H20ClNO4S/c1-12(2)13-3-5-14(6-4-13)21-18(23)11-25-19(24)10-7-15(22)16-8-9-17(20)26-16/h3-6,8-9,12H,7,10-11H2,1-2H3,(H,21,23). The van der Waals surface area contributed by atoms with E-state index in [2.05, 4.69) is 19.2 Å². The lowest BCUT2D eigenvalue weighted by Gasteiger charge is -2.09. The summed E-state index contributed by atoms with van der Waals surface area (Å²) in [4.78, 5) is 35.9. The largest absolute Gasteiger partial charge is 0.456 e. The Kier molecular flexibility index (Phi) is 7.36. The minimum atomic E-state index is -0.591. The van der Waals surface area contributed by atoms with Crippen LogP contribution in [0.5, 0.6) is 0 Å². The second kappa shape index (κ2) is 9.50. The maximum absolute atomic E-state index is 11.9. The van der Waals surface area contributed by atoms with Crippen molar-refractivity contribution in [3.63, 3.8) is 0 Å². The zero-order valence-corrected chi connectivity index (χ0v) is 16.2. The first-order chi connectivity index (χ1) is 12.3. The number of carbonyl (C=O) groups excluding carboxylic acids is 3. The number of thiophene rings is 1. The Morgan fingerprint density at radius 2 is 1.77 bits per heavy atom. The molecule has 1 aromatic carbocycles. The van der Waals surface area contributed by atoms with Crippen molar-refractivity contribution in [2.75, 3.05) is 11.9 Å². The quantitative estimate of drug-likeness (QED) is 0.522. The molecule has 0 saturated carbocycles. The van der Waals surface area contributed by atoms with E-state index in [-0.39, 0.29) is 25.2 Å². The van der Waals surface area contributed by atoms with E-state index in [1.54, 1.807) is 24.3 Å². The lowest BCUT2D eigenvalue weighted by molar-refractivity contribution is -0.147. The first-order valence-corrected chi connectivity index (χ1v) is 9.38. The highest BCUT2D eigenvalue weighted by atomic mass is 35.5. The molecule has 0 aliphatic rings. The van der Waals surface area contributed by atoms with Crippen molar-refractivity contribution in [2.24, 2.45) is 0 Å². The van der Waals surface area contributed by atoms with E-state index in [9.17, 15) is 14.4 Å². The smallest absolute Gasteiger partial charge is 0.306 e. The van der Waals surface area contributed by atoms with Crippen LogP contribution in [-0.2, 0) is 14.3 Å². The predicted octanol–water partition coefficient (Wildman–Crippen LogP) is 4.67. The number of ketones is 1. The molecule has 5 nitrogen and oxygen atoms in total. The molecule has 0 aliphatic carbocycles. The molecule has 0 fully saturated rings. The molecule has 1 N–H and O–H groups in total. The fraction of sp³-hybridized carbons (Fsp3) is 0.316. The summed E-state index contributed by atoms with van der Waals surface area (Å²) in [5.74, 6) is -0.777. The molecule has 0 aliphatic heterocycles. The average Bonchev–Trinajstić information content (AvgIpc) is 3.05. The Hall–Kier alpha value is -2.18. The van der Waals surface area contributed by atoms with Crippen LogP contribution in [0.25, 0.3) is 0 Å². The minimum absolute atomic E-state index is 0.0218. The van der Waals surface area contributed by atoms with Crippen LogP contribution >= 0.6 is 22.9 Å². The predicted molar refractivity (Wildman–Crippen MR) is 103 cm³/mol. The topological polar surface area (TPSA) is 72.5 Å². The van der Waals surface area contributed by atoms with Gasteiger partial charge in [0.15, 0.2) is 12.4 Å². The fourth-order valence-corrected chi connectivity index (χ4v) is 3.18. The summed E-state index contributed by atoms with van der Waals surface area (Å²) >= 11 is 6.94. The molecule has 0 unspecified atom stereocenters. The van der Waals surface area contributed by atoms with Crippen LogP contribution < -0.4 is 5.32 Å². The third-order valence-electron chi connectivity index (χ3n) is 3.63. The second-order valence-corrected chi connectivity index (χ2v) is 7.73. The van der Waals surface area contributed by atoms with Crippen LogP contribution in [-0.4, -0.2) is 24.3 Å². The molecule has 138 valence electrons. The van der Waals surface area contributed by atoms with Gasteiger partial charge in [-0.3, -0.25) is 14.4 Å². The van der Waals surface area contributed by atoms with Gasteiger partial charge in [0.05, 0.1) is 15.6 Å². The molecule has 1 aromatic heterocycles. The fourth-order valence-electron chi connectivity index (χ4n) is 2.17. The van der Waals surface area contributed by atoms with Crippen LogP contribution in [0.1, 0.15) is 47.8 Å².